The van der Waals surface area contributed by atoms with E-state index in [1.807, 2.05) is 54.2 Å². The van der Waals surface area contributed by atoms with Crippen LogP contribution >= 0.6 is 11.8 Å². The molecule has 3 aliphatic rings. The lowest BCUT2D eigenvalue weighted by Gasteiger charge is -2.58. The summed E-state index contributed by atoms with van der Waals surface area (Å²) in [6.07, 6.45) is 10.5. The van der Waals surface area contributed by atoms with E-state index in [1.165, 1.54) is 7.11 Å². The van der Waals surface area contributed by atoms with Crippen molar-refractivity contribution in [2.24, 2.45) is 22.9 Å². The van der Waals surface area contributed by atoms with Crippen molar-refractivity contribution < 1.29 is 38.8 Å². The average molecular weight is 756 g/mol. The van der Waals surface area contributed by atoms with E-state index in [2.05, 4.69) is 25.6 Å². The Labute approximate surface area is 323 Å². The number of ether oxygens (including phenoxy) is 4. The summed E-state index contributed by atoms with van der Waals surface area (Å²) in [4.78, 5) is 17.9. The molecule has 0 amide bonds. The molecule has 2 N–H and O–H groups in total. The van der Waals surface area contributed by atoms with Crippen molar-refractivity contribution in [3.63, 3.8) is 0 Å². The molecule has 6 atom stereocenters. The van der Waals surface area contributed by atoms with Gasteiger partial charge in [-0.1, -0.05) is 67.4 Å². The first-order chi connectivity index (χ1) is 26.5. The molecule has 1 aliphatic heterocycles. The third-order valence-electron chi connectivity index (χ3n) is 10.8. The lowest BCUT2D eigenvalue weighted by Crippen LogP contribution is -2.64. The highest BCUT2D eigenvalue weighted by atomic mass is 32.2. The van der Waals surface area contributed by atoms with E-state index in [0.717, 1.165) is 72.3 Å². The largest absolute Gasteiger partial charge is 0.496 e. The number of unbranched alkanes of at least 4 members (excludes halogenated alkanes) is 2. The van der Waals surface area contributed by atoms with E-state index in [4.69, 9.17) is 28.9 Å². The van der Waals surface area contributed by atoms with Gasteiger partial charge in [-0.25, -0.2) is 0 Å². The monoisotopic (exact) mass is 755 g/mol. The molecule has 0 saturated heterocycles. The molecule has 0 bridgehead atoms. The molecule has 54 heavy (non-hydrogen) atoms. The van der Waals surface area contributed by atoms with Crippen LogP contribution in [0.4, 0.5) is 0 Å². The van der Waals surface area contributed by atoms with Crippen LogP contribution < -0.4 is 14.2 Å². The van der Waals surface area contributed by atoms with Gasteiger partial charge < -0.3 is 34.0 Å². The lowest BCUT2D eigenvalue weighted by molar-refractivity contribution is -0.223. The molecule has 6 rings (SSSR count). The van der Waals surface area contributed by atoms with E-state index in [0.29, 0.717) is 48.9 Å². The summed E-state index contributed by atoms with van der Waals surface area (Å²) < 4.78 is 25.9. The summed E-state index contributed by atoms with van der Waals surface area (Å²) in [5, 5.41) is 24.4. The van der Waals surface area contributed by atoms with Crippen molar-refractivity contribution in [1.82, 2.24) is 0 Å². The Morgan fingerprint density at radius 2 is 1.76 bits per heavy atom. The van der Waals surface area contributed by atoms with E-state index in [1.54, 1.807) is 24.3 Å². The number of carbonyl (C=O) groups is 1. The first-order valence-electron chi connectivity index (χ1n) is 19.2. The van der Waals surface area contributed by atoms with Gasteiger partial charge in [-0.05, 0) is 90.8 Å². The van der Waals surface area contributed by atoms with Crippen LogP contribution in [0, 0.1) is 17.8 Å². The fourth-order valence-corrected chi connectivity index (χ4v) is 9.68. The summed E-state index contributed by atoms with van der Waals surface area (Å²) in [6, 6.07) is 21.2. The van der Waals surface area contributed by atoms with Crippen molar-refractivity contribution >= 4 is 23.8 Å². The minimum atomic E-state index is -1.01. The Balaban J connectivity index is 1.50. The quantitative estimate of drug-likeness (QED) is 0.0505. The zero-order chi connectivity index (χ0) is 37.9. The number of carbonyl (C=O) groups excluding carboxylic acids is 1. The van der Waals surface area contributed by atoms with Crippen LogP contribution in [-0.2, 0) is 16.2 Å². The smallest absolute Gasteiger partial charge is 0.230 e. The molecule has 0 aromatic heterocycles. The van der Waals surface area contributed by atoms with Crippen molar-refractivity contribution in [2.75, 3.05) is 32.7 Å². The van der Waals surface area contributed by atoms with E-state index < -0.39 is 5.79 Å². The van der Waals surface area contributed by atoms with Crippen LogP contribution in [0.1, 0.15) is 79.3 Å². The summed E-state index contributed by atoms with van der Waals surface area (Å²) >= 11 is 1.81. The van der Waals surface area contributed by atoms with Gasteiger partial charge in [0, 0.05) is 31.1 Å². The third kappa shape index (κ3) is 8.57. The SMILES string of the molecule is C=CCOC12Oc3ccc(Oc4ccc(OC)c(C=O)c4)cc3C3C(CCCCO)C(CCCCO)C=C(C(=NOCc4ccccc4)CC1SCC)C32. The normalized spacial score (nSPS) is 24.8. The van der Waals surface area contributed by atoms with E-state index >= 15 is 0 Å². The standard InChI is InChI=1S/C44H53NO8S/c1-4-23-50-44-41(54-5-2)27-38(45-51-29-30-13-7-6-8-14-30)36-25-31(15-9-11-21-46)35(16-10-12-22-47)42(43(36)44)37-26-34(18-20-40(37)53-44)52-33-17-19-39(49-3)32(24-33)28-48/h4,6-8,13-14,17-20,24-26,28,31,35,41-43,46-47H,1,5,9-12,15-16,21-23,27,29H2,2-3H3. The van der Waals surface area contributed by atoms with E-state index in [-0.39, 0.29) is 42.1 Å². The van der Waals surface area contributed by atoms with Gasteiger partial charge in [-0.2, -0.15) is 11.8 Å². The number of hydrogen-bond donors (Lipinski definition) is 2. The second-order valence-electron chi connectivity index (χ2n) is 14.1. The topological polar surface area (TPSA) is 116 Å². The molecule has 3 aromatic carbocycles. The molecule has 1 fully saturated rings. The summed E-state index contributed by atoms with van der Waals surface area (Å²) in [6.45, 7) is 7.12. The van der Waals surface area contributed by atoms with Crippen molar-refractivity contribution in [3.8, 4) is 23.0 Å². The maximum Gasteiger partial charge on any atom is 0.230 e. The predicted molar refractivity (Wildman–Crippen MR) is 213 cm³/mol. The number of fused-ring (bicyclic) bond motifs is 2. The second kappa shape index (κ2) is 19.0. The number of nitrogens with zero attached hydrogens (tertiary/aromatic N) is 1. The molecule has 0 radical (unpaired) electrons. The number of thioether (sulfide) groups is 1. The fourth-order valence-electron chi connectivity index (χ4n) is 8.50. The predicted octanol–water partition coefficient (Wildman–Crippen LogP) is 8.89. The minimum Gasteiger partial charge on any atom is -0.496 e. The molecule has 288 valence electrons. The Hall–Kier alpha value is -4.09. The number of aliphatic hydroxyl groups is 2. The molecule has 6 unspecified atom stereocenters. The van der Waals surface area contributed by atoms with Gasteiger partial charge in [-0.3, -0.25) is 4.79 Å². The van der Waals surface area contributed by atoms with E-state index in [9.17, 15) is 15.0 Å². The highest BCUT2D eigenvalue weighted by Gasteiger charge is 2.63. The highest BCUT2D eigenvalue weighted by molar-refractivity contribution is 8.00. The first kappa shape index (κ1) is 39.6. The van der Waals surface area contributed by atoms with Gasteiger partial charge in [0.2, 0.25) is 5.79 Å². The van der Waals surface area contributed by atoms with Crippen LogP contribution in [0.25, 0.3) is 0 Å². The summed E-state index contributed by atoms with van der Waals surface area (Å²) in [7, 11) is 1.53. The average Bonchev–Trinajstić information content (AvgIpc) is 3.20. The number of aliphatic hydroxyl groups excluding tert-OH is 2. The fraction of sp³-hybridized carbons (Fsp3) is 0.455. The molecule has 1 saturated carbocycles. The number of aldehydes is 1. The number of hydrogen-bond acceptors (Lipinski definition) is 10. The Morgan fingerprint density at radius 3 is 2.48 bits per heavy atom. The zero-order valence-corrected chi connectivity index (χ0v) is 32.2. The first-order valence-corrected chi connectivity index (χ1v) is 20.2. The molecule has 10 heteroatoms. The van der Waals surface area contributed by atoms with Crippen LogP contribution in [-0.4, -0.2) is 65.9 Å². The highest BCUT2D eigenvalue weighted by Crippen LogP contribution is 2.62. The number of rotatable bonds is 20. The minimum absolute atomic E-state index is 0.0547. The van der Waals surface area contributed by atoms with Crippen molar-refractivity contribution in [1.29, 1.82) is 0 Å². The van der Waals surface area contributed by atoms with Gasteiger partial charge in [0.05, 0.1) is 36.2 Å². The maximum atomic E-state index is 11.8. The van der Waals surface area contributed by atoms with Gasteiger partial charge in [-0.15, -0.1) is 6.58 Å². The Kier molecular flexibility index (Phi) is 13.9. The van der Waals surface area contributed by atoms with Crippen LogP contribution in [0.5, 0.6) is 23.0 Å². The van der Waals surface area contributed by atoms with Crippen molar-refractivity contribution in [2.45, 2.75) is 75.4 Å². The third-order valence-corrected chi connectivity index (χ3v) is 12.0. The summed E-state index contributed by atoms with van der Waals surface area (Å²) in [5.74, 6) is 2.28. The van der Waals surface area contributed by atoms with Crippen LogP contribution in [0.15, 0.2) is 96.2 Å². The second-order valence-corrected chi connectivity index (χ2v) is 15.6. The Morgan fingerprint density at radius 1 is 1.00 bits per heavy atom. The number of allylic oxidation sites excluding steroid dienone is 1. The Bertz CT molecular complexity index is 1780. The molecule has 2 aliphatic carbocycles. The molecule has 1 heterocycles. The van der Waals surface area contributed by atoms with Crippen LogP contribution in [0.3, 0.4) is 0 Å². The van der Waals surface area contributed by atoms with Gasteiger partial charge in [0.1, 0.15) is 29.6 Å². The maximum absolute atomic E-state index is 11.8. The molecule has 9 nitrogen and oxygen atoms in total. The molecular formula is C44H53NO8S. The number of benzene rings is 3. The molecule has 0 spiro atoms. The number of methoxy groups -OCH3 is 1. The number of oxime groups is 1. The van der Waals surface area contributed by atoms with Crippen molar-refractivity contribution in [3.05, 3.63) is 108 Å². The molecular weight excluding hydrogens is 703 g/mol. The molecule has 3 aromatic rings. The van der Waals surface area contributed by atoms with Gasteiger partial charge in [0.25, 0.3) is 0 Å². The van der Waals surface area contributed by atoms with Gasteiger partial charge in [0.15, 0.2) is 6.29 Å². The lowest BCUT2D eigenvalue weighted by atomic mass is 9.56. The zero-order valence-electron chi connectivity index (χ0n) is 31.4. The van der Waals surface area contributed by atoms with Gasteiger partial charge >= 0.3 is 0 Å². The van der Waals surface area contributed by atoms with Crippen LogP contribution in [0.2, 0.25) is 0 Å². The summed E-state index contributed by atoms with van der Waals surface area (Å²) in [5.41, 5.74) is 4.46.